The Morgan fingerprint density at radius 3 is 2.64 bits per heavy atom. The fourth-order valence-corrected chi connectivity index (χ4v) is 3.47. The summed E-state index contributed by atoms with van der Waals surface area (Å²) < 4.78 is 24.3. The number of benzene rings is 2. The lowest BCUT2D eigenvalue weighted by molar-refractivity contribution is -0.139. The van der Waals surface area contributed by atoms with Gasteiger partial charge >= 0.3 is 5.97 Å². The Bertz CT molecular complexity index is 1170. The number of esters is 1. The van der Waals surface area contributed by atoms with Gasteiger partial charge in [-0.1, -0.05) is 24.3 Å². The highest BCUT2D eigenvalue weighted by Crippen LogP contribution is 2.43. The maximum Gasteiger partial charge on any atom is 0.340 e. The predicted octanol–water partition coefficient (Wildman–Crippen LogP) is 2.92. The second-order valence-corrected chi connectivity index (χ2v) is 6.33. The number of pyridine rings is 1. The summed E-state index contributed by atoms with van der Waals surface area (Å²) in [4.78, 5) is 28.4. The molecule has 1 atom stereocenters. The van der Waals surface area contributed by atoms with Crippen molar-refractivity contribution >= 4 is 16.9 Å². The number of aromatic amines is 1. The molecule has 0 radical (unpaired) electrons. The number of hydrogen-bond acceptors (Lipinski definition) is 5. The van der Waals surface area contributed by atoms with Gasteiger partial charge in [0.1, 0.15) is 17.1 Å². The molecule has 0 amide bonds. The third-order valence-electron chi connectivity index (χ3n) is 4.66. The molecule has 0 fully saturated rings. The molecule has 4 rings (SSSR count). The predicted molar refractivity (Wildman–Crippen MR) is 101 cm³/mol. The van der Waals surface area contributed by atoms with E-state index in [4.69, 9.17) is 15.2 Å². The number of para-hydroxylation sites is 1. The fourth-order valence-electron chi connectivity index (χ4n) is 3.47. The zero-order chi connectivity index (χ0) is 19.8. The summed E-state index contributed by atoms with van der Waals surface area (Å²) >= 11 is 0. The Hall–Kier alpha value is -3.61. The molecule has 6 nitrogen and oxygen atoms in total. The van der Waals surface area contributed by atoms with Crippen molar-refractivity contribution in [2.24, 2.45) is 5.73 Å². The van der Waals surface area contributed by atoms with Crippen LogP contribution in [-0.4, -0.2) is 17.6 Å². The summed E-state index contributed by atoms with van der Waals surface area (Å²) in [6.07, 6.45) is 0. The van der Waals surface area contributed by atoms with Gasteiger partial charge in [-0.2, -0.15) is 0 Å². The number of ether oxygens (including phenoxy) is 2. The number of halogens is 1. The van der Waals surface area contributed by atoms with Gasteiger partial charge in [0, 0.05) is 5.39 Å². The van der Waals surface area contributed by atoms with E-state index in [1.54, 1.807) is 31.2 Å². The van der Waals surface area contributed by atoms with Crippen molar-refractivity contribution in [1.82, 2.24) is 4.98 Å². The molecule has 142 valence electrons. The zero-order valence-corrected chi connectivity index (χ0v) is 15.0. The van der Waals surface area contributed by atoms with Crippen LogP contribution in [0.1, 0.15) is 24.0 Å². The second kappa shape index (κ2) is 6.84. The van der Waals surface area contributed by atoms with Crippen LogP contribution in [0.25, 0.3) is 10.9 Å². The van der Waals surface area contributed by atoms with Crippen LogP contribution in [0.15, 0.2) is 64.8 Å². The van der Waals surface area contributed by atoms with Crippen LogP contribution in [0.5, 0.6) is 5.75 Å². The topological polar surface area (TPSA) is 94.4 Å². The molecule has 0 saturated heterocycles. The Kier molecular flexibility index (Phi) is 4.35. The van der Waals surface area contributed by atoms with E-state index >= 15 is 0 Å². The minimum Gasteiger partial charge on any atom is -0.462 e. The first-order valence-corrected chi connectivity index (χ1v) is 8.76. The van der Waals surface area contributed by atoms with Gasteiger partial charge in [0.25, 0.3) is 5.56 Å². The highest BCUT2D eigenvalue weighted by molar-refractivity contribution is 5.95. The van der Waals surface area contributed by atoms with Crippen molar-refractivity contribution in [2.45, 2.75) is 12.8 Å². The van der Waals surface area contributed by atoms with Gasteiger partial charge in [0.15, 0.2) is 0 Å². The van der Waals surface area contributed by atoms with Crippen LogP contribution >= 0.6 is 0 Å². The summed E-state index contributed by atoms with van der Waals surface area (Å²) in [6, 6.07) is 12.7. The standard InChI is InChI=1S/C21H17FN2O4/c1-2-27-21(26)17-15(11-7-9-12(22)10-8-11)16-18(28-19(17)23)13-5-3-4-6-14(13)24-20(16)25/h3-10,15H,2,23H2,1H3,(H,24,25). The van der Waals surface area contributed by atoms with Crippen molar-refractivity contribution in [3.05, 3.63) is 87.3 Å². The van der Waals surface area contributed by atoms with Crippen LogP contribution < -0.4 is 16.0 Å². The first-order valence-electron chi connectivity index (χ1n) is 8.76. The van der Waals surface area contributed by atoms with Crippen molar-refractivity contribution < 1.29 is 18.7 Å². The molecule has 1 unspecified atom stereocenters. The lowest BCUT2D eigenvalue weighted by Gasteiger charge is -2.28. The molecule has 1 aliphatic rings. The average Bonchev–Trinajstić information content (AvgIpc) is 2.68. The number of carbonyl (C=O) groups is 1. The molecule has 1 aliphatic heterocycles. The van der Waals surface area contributed by atoms with Gasteiger partial charge in [-0.15, -0.1) is 0 Å². The molecule has 3 N–H and O–H groups in total. The molecular formula is C21H17FN2O4. The smallest absolute Gasteiger partial charge is 0.340 e. The second-order valence-electron chi connectivity index (χ2n) is 6.33. The summed E-state index contributed by atoms with van der Waals surface area (Å²) in [6.45, 7) is 1.80. The van der Waals surface area contributed by atoms with Crippen LogP contribution in [0.3, 0.4) is 0 Å². The minimum absolute atomic E-state index is 0.0155. The lowest BCUT2D eigenvalue weighted by Crippen LogP contribution is -2.32. The van der Waals surface area contributed by atoms with Crippen molar-refractivity contribution in [1.29, 1.82) is 0 Å². The van der Waals surface area contributed by atoms with Gasteiger partial charge in [-0.25, -0.2) is 9.18 Å². The Morgan fingerprint density at radius 2 is 1.93 bits per heavy atom. The third-order valence-corrected chi connectivity index (χ3v) is 4.66. The van der Waals surface area contributed by atoms with Crippen LogP contribution in [0.2, 0.25) is 0 Å². The SMILES string of the molecule is CCOC(=O)C1=C(N)Oc2c(c(=O)[nH]c3ccccc23)C1c1ccc(F)cc1. The largest absolute Gasteiger partial charge is 0.462 e. The van der Waals surface area contributed by atoms with Gasteiger partial charge < -0.3 is 20.2 Å². The molecule has 2 aromatic carbocycles. The first kappa shape index (κ1) is 17.8. The summed E-state index contributed by atoms with van der Waals surface area (Å²) in [5, 5.41) is 0.648. The zero-order valence-electron chi connectivity index (χ0n) is 15.0. The summed E-state index contributed by atoms with van der Waals surface area (Å²) in [7, 11) is 0. The Balaban J connectivity index is 2.03. The Morgan fingerprint density at radius 1 is 1.21 bits per heavy atom. The van der Waals surface area contributed by atoms with Crippen LogP contribution in [0, 0.1) is 5.82 Å². The molecule has 7 heteroatoms. The quantitative estimate of drug-likeness (QED) is 0.682. The van der Waals surface area contributed by atoms with E-state index in [9.17, 15) is 14.0 Å². The van der Waals surface area contributed by atoms with Gasteiger partial charge in [0.2, 0.25) is 5.88 Å². The van der Waals surface area contributed by atoms with Crippen molar-refractivity contribution in [2.75, 3.05) is 6.61 Å². The molecule has 3 aromatic rings. The number of nitrogens with one attached hydrogen (secondary N) is 1. The van der Waals surface area contributed by atoms with E-state index in [-0.39, 0.29) is 29.4 Å². The number of fused-ring (bicyclic) bond motifs is 3. The average molecular weight is 380 g/mol. The van der Waals surface area contributed by atoms with E-state index in [0.29, 0.717) is 16.5 Å². The molecule has 28 heavy (non-hydrogen) atoms. The van der Waals surface area contributed by atoms with Gasteiger partial charge in [-0.05, 0) is 36.8 Å². The Labute approximate surface area is 159 Å². The number of hydrogen-bond donors (Lipinski definition) is 2. The van der Waals surface area contributed by atoms with Crippen molar-refractivity contribution in [3.63, 3.8) is 0 Å². The number of nitrogens with two attached hydrogens (primary N) is 1. The molecule has 0 spiro atoms. The molecule has 2 heterocycles. The van der Waals surface area contributed by atoms with Crippen LogP contribution in [0.4, 0.5) is 4.39 Å². The van der Waals surface area contributed by atoms with Crippen LogP contribution in [-0.2, 0) is 9.53 Å². The highest BCUT2D eigenvalue weighted by atomic mass is 19.1. The minimum atomic E-state index is -0.850. The van der Waals surface area contributed by atoms with Crippen molar-refractivity contribution in [3.8, 4) is 5.75 Å². The molecule has 0 saturated carbocycles. The third kappa shape index (κ3) is 2.81. The number of rotatable bonds is 3. The molecule has 1 aromatic heterocycles. The van der Waals surface area contributed by atoms with E-state index < -0.39 is 23.3 Å². The van der Waals surface area contributed by atoms with E-state index in [0.717, 1.165) is 0 Å². The molecule has 0 aliphatic carbocycles. The number of carbonyl (C=O) groups excluding carboxylic acids is 1. The van der Waals surface area contributed by atoms with E-state index in [2.05, 4.69) is 4.98 Å². The fraction of sp³-hybridized carbons (Fsp3) is 0.143. The maximum atomic E-state index is 13.5. The van der Waals surface area contributed by atoms with E-state index in [1.165, 1.54) is 24.3 Å². The molecular weight excluding hydrogens is 363 g/mol. The van der Waals surface area contributed by atoms with Gasteiger partial charge in [-0.3, -0.25) is 4.79 Å². The highest BCUT2D eigenvalue weighted by Gasteiger charge is 2.38. The molecule has 0 bridgehead atoms. The van der Waals surface area contributed by atoms with E-state index in [1.807, 2.05) is 0 Å². The summed E-state index contributed by atoms with van der Waals surface area (Å²) in [5.74, 6) is -1.84. The van der Waals surface area contributed by atoms with Gasteiger partial charge in [0.05, 0.1) is 23.6 Å². The lowest BCUT2D eigenvalue weighted by atomic mass is 9.83. The monoisotopic (exact) mass is 380 g/mol. The number of H-pyrrole nitrogens is 1. The summed E-state index contributed by atoms with van der Waals surface area (Å²) in [5.41, 5.74) is 7.02. The number of aromatic nitrogens is 1. The maximum absolute atomic E-state index is 13.5. The first-order chi connectivity index (χ1) is 13.5. The normalized spacial score (nSPS) is 15.9.